The lowest BCUT2D eigenvalue weighted by atomic mass is 10.1. The summed E-state index contributed by atoms with van der Waals surface area (Å²) in [4.78, 5) is 4.86. The predicted molar refractivity (Wildman–Crippen MR) is 100 cm³/mol. The Bertz CT molecular complexity index is 1110. The Morgan fingerprint density at radius 1 is 1.00 bits per heavy atom. The van der Waals surface area contributed by atoms with E-state index in [1.54, 1.807) is 30.1 Å². The number of hydrogen-bond acceptors (Lipinski definition) is 3. The fourth-order valence-corrected chi connectivity index (χ4v) is 3.44. The van der Waals surface area contributed by atoms with E-state index in [4.69, 9.17) is 0 Å². The Balaban J connectivity index is 1.97. The van der Waals surface area contributed by atoms with Crippen molar-refractivity contribution in [1.82, 2.24) is 19.3 Å². The minimum atomic E-state index is -4.62. The minimum Gasteiger partial charge on any atom is -0.350 e. The Labute approximate surface area is 157 Å². The highest BCUT2D eigenvalue weighted by atomic mass is 32.2. The fraction of sp³-hybridized carbons (Fsp3) is 0.158. The molecule has 2 aromatic carbocycles. The van der Waals surface area contributed by atoms with Crippen molar-refractivity contribution in [3.05, 3.63) is 60.6 Å². The molecule has 0 radical (unpaired) electrons. The van der Waals surface area contributed by atoms with Gasteiger partial charge in [0.25, 0.3) is 5.82 Å². The molecule has 2 heterocycles. The number of aromatic nitrogens is 4. The Morgan fingerprint density at radius 3 is 2.37 bits per heavy atom. The van der Waals surface area contributed by atoms with E-state index in [9.17, 15) is 13.2 Å². The molecule has 0 saturated heterocycles. The van der Waals surface area contributed by atoms with E-state index >= 15 is 0 Å². The van der Waals surface area contributed by atoms with Crippen LogP contribution in [0.15, 0.2) is 59.6 Å². The summed E-state index contributed by atoms with van der Waals surface area (Å²) in [6, 6.07) is 14.7. The van der Waals surface area contributed by atoms with Gasteiger partial charge in [-0.2, -0.15) is 13.2 Å². The smallest absolute Gasteiger partial charge is 0.350 e. The first-order valence-corrected chi connectivity index (χ1v) is 9.34. The molecule has 0 amide bonds. The second kappa shape index (κ2) is 6.45. The maximum Gasteiger partial charge on any atom is 0.453 e. The summed E-state index contributed by atoms with van der Waals surface area (Å²) in [5.74, 6) is -0.990. The molecule has 0 aliphatic carbocycles. The maximum absolute atomic E-state index is 13.3. The van der Waals surface area contributed by atoms with E-state index in [-0.39, 0.29) is 5.82 Å². The van der Waals surface area contributed by atoms with E-state index in [2.05, 4.69) is 10.1 Å². The fourth-order valence-electron chi connectivity index (χ4n) is 3.03. The van der Waals surface area contributed by atoms with Crippen LogP contribution in [-0.4, -0.2) is 25.6 Å². The normalized spacial score (nSPS) is 12.0. The molecule has 0 bridgehead atoms. The third-order valence-corrected chi connectivity index (χ3v) is 5.06. The first-order valence-electron chi connectivity index (χ1n) is 8.11. The van der Waals surface area contributed by atoms with E-state index in [1.165, 1.54) is 4.68 Å². The third kappa shape index (κ3) is 3.10. The molecule has 0 aliphatic rings. The van der Waals surface area contributed by atoms with Crippen molar-refractivity contribution >= 4 is 22.7 Å². The highest BCUT2D eigenvalue weighted by Crippen LogP contribution is 2.34. The quantitative estimate of drug-likeness (QED) is 0.455. The number of fused-ring (bicyclic) bond motifs is 1. The van der Waals surface area contributed by atoms with Crippen LogP contribution in [0.3, 0.4) is 0 Å². The summed E-state index contributed by atoms with van der Waals surface area (Å²) in [5, 5.41) is 4.59. The number of hydrogen-bond donors (Lipinski definition) is 0. The molecule has 2 aromatic heterocycles. The molecule has 0 atom stereocenters. The van der Waals surface area contributed by atoms with Crippen molar-refractivity contribution in [3.8, 4) is 17.1 Å². The molecule has 0 N–H and O–H groups in total. The van der Waals surface area contributed by atoms with Crippen LogP contribution in [0.25, 0.3) is 28.0 Å². The van der Waals surface area contributed by atoms with E-state index in [1.807, 2.05) is 54.3 Å². The molecular formula is C19H15F3N4S. The Morgan fingerprint density at radius 2 is 1.70 bits per heavy atom. The zero-order valence-corrected chi connectivity index (χ0v) is 15.3. The van der Waals surface area contributed by atoms with Gasteiger partial charge in [0.05, 0.1) is 5.69 Å². The van der Waals surface area contributed by atoms with Crippen LogP contribution in [0.1, 0.15) is 5.82 Å². The summed E-state index contributed by atoms with van der Waals surface area (Å²) in [5.41, 5.74) is 2.04. The summed E-state index contributed by atoms with van der Waals surface area (Å²) in [6.45, 7) is 0. The molecule has 0 fully saturated rings. The van der Waals surface area contributed by atoms with E-state index in [0.717, 1.165) is 15.8 Å². The molecule has 27 heavy (non-hydrogen) atoms. The SMILES string of the molecule is CSc1ccc(-n2nc(C(F)(F)F)nc2-c2cn(C)c3ccccc23)cc1. The average Bonchev–Trinajstić information content (AvgIpc) is 3.24. The van der Waals surface area contributed by atoms with Crippen LogP contribution in [0.5, 0.6) is 0 Å². The van der Waals surface area contributed by atoms with Gasteiger partial charge < -0.3 is 4.57 Å². The number of para-hydroxylation sites is 1. The monoisotopic (exact) mass is 388 g/mol. The van der Waals surface area contributed by atoms with E-state index < -0.39 is 12.0 Å². The van der Waals surface area contributed by atoms with Gasteiger partial charge in [-0.05, 0) is 36.6 Å². The lowest BCUT2D eigenvalue weighted by Crippen LogP contribution is -2.08. The van der Waals surface area contributed by atoms with Crippen LogP contribution in [0.4, 0.5) is 13.2 Å². The van der Waals surface area contributed by atoms with Gasteiger partial charge in [0.1, 0.15) is 0 Å². The van der Waals surface area contributed by atoms with Gasteiger partial charge in [0.15, 0.2) is 5.82 Å². The minimum absolute atomic E-state index is 0.163. The lowest BCUT2D eigenvalue weighted by Gasteiger charge is -2.06. The van der Waals surface area contributed by atoms with Gasteiger partial charge in [0, 0.05) is 34.6 Å². The van der Waals surface area contributed by atoms with Crippen LogP contribution < -0.4 is 0 Å². The molecule has 0 unspecified atom stereocenters. The summed E-state index contributed by atoms with van der Waals surface area (Å²) >= 11 is 1.56. The highest BCUT2D eigenvalue weighted by Gasteiger charge is 2.37. The van der Waals surface area contributed by atoms with Crippen molar-refractivity contribution in [2.45, 2.75) is 11.1 Å². The zero-order valence-electron chi connectivity index (χ0n) is 14.5. The van der Waals surface area contributed by atoms with Crippen molar-refractivity contribution < 1.29 is 13.2 Å². The number of nitrogens with zero attached hydrogens (tertiary/aromatic N) is 4. The van der Waals surface area contributed by atoms with Gasteiger partial charge in [-0.15, -0.1) is 16.9 Å². The van der Waals surface area contributed by atoms with Crippen molar-refractivity contribution in [2.75, 3.05) is 6.26 Å². The van der Waals surface area contributed by atoms with Gasteiger partial charge in [0.2, 0.25) is 0 Å². The lowest BCUT2D eigenvalue weighted by molar-refractivity contribution is -0.144. The summed E-state index contributed by atoms with van der Waals surface area (Å²) < 4.78 is 43.0. The molecule has 0 spiro atoms. The summed E-state index contributed by atoms with van der Waals surface area (Å²) in [7, 11) is 1.85. The predicted octanol–water partition coefficient (Wildman–Crippen LogP) is 5.17. The number of rotatable bonds is 3. The van der Waals surface area contributed by atoms with Crippen LogP contribution in [0.2, 0.25) is 0 Å². The first kappa shape index (κ1) is 17.7. The van der Waals surface area contributed by atoms with Crippen LogP contribution in [0, 0.1) is 0 Å². The Hall–Kier alpha value is -2.74. The molecular weight excluding hydrogens is 373 g/mol. The molecule has 4 rings (SSSR count). The molecule has 4 nitrogen and oxygen atoms in total. The molecule has 4 aromatic rings. The van der Waals surface area contributed by atoms with Crippen LogP contribution in [-0.2, 0) is 13.2 Å². The largest absolute Gasteiger partial charge is 0.453 e. The van der Waals surface area contributed by atoms with Gasteiger partial charge >= 0.3 is 6.18 Å². The maximum atomic E-state index is 13.3. The third-order valence-electron chi connectivity index (χ3n) is 4.32. The topological polar surface area (TPSA) is 35.6 Å². The molecule has 8 heteroatoms. The van der Waals surface area contributed by atoms with Gasteiger partial charge in [-0.1, -0.05) is 18.2 Å². The number of thioether (sulfide) groups is 1. The zero-order chi connectivity index (χ0) is 19.2. The highest BCUT2D eigenvalue weighted by molar-refractivity contribution is 7.98. The number of benzene rings is 2. The number of halogens is 3. The number of aryl methyl sites for hydroxylation is 1. The molecule has 138 valence electrons. The summed E-state index contributed by atoms with van der Waals surface area (Å²) in [6.07, 6.45) is -0.904. The van der Waals surface area contributed by atoms with Gasteiger partial charge in [-0.25, -0.2) is 9.67 Å². The van der Waals surface area contributed by atoms with Gasteiger partial charge in [-0.3, -0.25) is 0 Å². The van der Waals surface area contributed by atoms with Crippen LogP contribution >= 0.6 is 11.8 Å². The second-order valence-corrected chi connectivity index (χ2v) is 6.92. The first-order chi connectivity index (χ1) is 12.9. The van der Waals surface area contributed by atoms with Crippen molar-refractivity contribution in [2.24, 2.45) is 7.05 Å². The molecule has 0 aliphatic heterocycles. The molecule has 0 saturated carbocycles. The van der Waals surface area contributed by atoms with E-state index in [0.29, 0.717) is 11.3 Å². The Kier molecular flexibility index (Phi) is 4.22. The second-order valence-electron chi connectivity index (χ2n) is 6.04. The van der Waals surface area contributed by atoms with Crippen molar-refractivity contribution in [3.63, 3.8) is 0 Å². The average molecular weight is 388 g/mol. The number of alkyl halides is 3. The standard InChI is InChI=1S/C19H15F3N4S/c1-25-11-15(14-5-3-4-6-16(14)25)17-23-18(19(20,21)22)24-26(17)12-7-9-13(27-2)10-8-12/h3-11H,1-2H3. The van der Waals surface area contributed by atoms with Crippen molar-refractivity contribution in [1.29, 1.82) is 0 Å².